The van der Waals surface area contributed by atoms with Gasteiger partial charge < -0.3 is 16.0 Å². The Hall–Kier alpha value is -0.610. The maximum absolute atomic E-state index is 11.7. The molecule has 126 valence electrons. The van der Waals surface area contributed by atoms with Crippen molar-refractivity contribution in [3.8, 4) is 0 Å². The van der Waals surface area contributed by atoms with Crippen LogP contribution >= 0.6 is 0 Å². The van der Waals surface area contributed by atoms with Crippen LogP contribution in [0.15, 0.2) is 0 Å². The summed E-state index contributed by atoms with van der Waals surface area (Å²) in [6.45, 7) is 15.3. The zero-order valence-electron chi connectivity index (χ0n) is 15.2. The third kappa shape index (κ3) is 7.82. The molecule has 0 radical (unpaired) electrons. The Morgan fingerprint density at radius 3 is 1.81 bits per heavy atom. The summed E-state index contributed by atoms with van der Waals surface area (Å²) in [5.41, 5.74) is 4.92. The minimum atomic E-state index is -0.632. The molecule has 0 aromatic carbocycles. The number of hydrogen-bond donors (Lipinski definition) is 2. The molecular formula is C17H37N3O. The highest BCUT2D eigenvalue weighted by molar-refractivity contribution is 5.84. The molecule has 0 aliphatic heterocycles. The fourth-order valence-corrected chi connectivity index (χ4v) is 2.45. The Bertz CT molecular complexity index is 292. The summed E-state index contributed by atoms with van der Waals surface area (Å²) in [6, 6.07) is 0.340. The van der Waals surface area contributed by atoms with Crippen molar-refractivity contribution in [2.45, 2.75) is 72.4 Å². The molecule has 2 atom stereocenters. The van der Waals surface area contributed by atoms with Crippen molar-refractivity contribution < 1.29 is 4.79 Å². The van der Waals surface area contributed by atoms with E-state index >= 15 is 0 Å². The van der Waals surface area contributed by atoms with Gasteiger partial charge in [-0.2, -0.15) is 0 Å². The van der Waals surface area contributed by atoms with E-state index in [-0.39, 0.29) is 5.91 Å². The van der Waals surface area contributed by atoms with Crippen LogP contribution < -0.4 is 11.1 Å². The monoisotopic (exact) mass is 299 g/mol. The third-order valence-electron chi connectivity index (χ3n) is 4.41. The van der Waals surface area contributed by atoms with E-state index in [0.29, 0.717) is 17.9 Å². The highest BCUT2D eigenvalue weighted by atomic mass is 16.1. The van der Waals surface area contributed by atoms with E-state index < -0.39 is 5.54 Å². The predicted octanol–water partition coefficient (Wildman–Crippen LogP) is 2.62. The van der Waals surface area contributed by atoms with Crippen molar-refractivity contribution in [3.05, 3.63) is 0 Å². The molecule has 0 aliphatic carbocycles. The average molecular weight is 300 g/mol. The van der Waals surface area contributed by atoms with E-state index in [4.69, 9.17) is 5.73 Å². The second-order valence-electron chi connectivity index (χ2n) is 7.40. The summed E-state index contributed by atoms with van der Waals surface area (Å²) in [6.07, 6.45) is 3.12. The number of hydrogen-bond acceptors (Lipinski definition) is 3. The highest BCUT2D eigenvalue weighted by Crippen LogP contribution is 2.18. The highest BCUT2D eigenvalue weighted by Gasteiger charge is 2.32. The summed E-state index contributed by atoms with van der Waals surface area (Å²) in [7, 11) is 1.81. The first-order valence-electron chi connectivity index (χ1n) is 8.35. The van der Waals surface area contributed by atoms with Crippen LogP contribution in [0.1, 0.15) is 60.8 Å². The lowest BCUT2D eigenvalue weighted by molar-refractivity contribution is -0.124. The van der Waals surface area contributed by atoms with Crippen LogP contribution in [0.2, 0.25) is 0 Å². The molecule has 3 N–H and O–H groups in total. The zero-order valence-corrected chi connectivity index (χ0v) is 15.2. The van der Waals surface area contributed by atoms with Gasteiger partial charge >= 0.3 is 0 Å². The average Bonchev–Trinajstić information content (AvgIpc) is 2.37. The third-order valence-corrected chi connectivity index (χ3v) is 4.41. The van der Waals surface area contributed by atoms with Gasteiger partial charge in [-0.05, 0) is 65.1 Å². The van der Waals surface area contributed by atoms with Gasteiger partial charge in [0.15, 0.2) is 0 Å². The van der Waals surface area contributed by atoms with Crippen LogP contribution in [0.5, 0.6) is 0 Å². The van der Waals surface area contributed by atoms with Gasteiger partial charge in [-0.1, -0.05) is 27.7 Å². The zero-order chi connectivity index (χ0) is 16.6. The second-order valence-corrected chi connectivity index (χ2v) is 7.40. The number of nitrogens with two attached hydrogens (primary N) is 1. The Morgan fingerprint density at radius 1 is 1.10 bits per heavy atom. The topological polar surface area (TPSA) is 58.4 Å². The second kappa shape index (κ2) is 9.42. The molecule has 0 saturated heterocycles. The minimum absolute atomic E-state index is 0.274. The van der Waals surface area contributed by atoms with Crippen molar-refractivity contribution in [3.63, 3.8) is 0 Å². The van der Waals surface area contributed by atoms with E-state index in [1.807, 2.05) is 14.0 Å². The summed E-state index contributed by atoms with van der Waals surface area (Å²) in [5.74, 6) is 1.13. The van der Waals surface area contributed by atoms with Gasteiger partial charge in [-0.25, -0.2) is 0 Å². The molecule has 2 unspecified atom stereocenters. The van der Waals surface area contributed by atoms with Crippen LogP contribution in [-0.2, 0) is 4.79 Å². The summed E-state index contributed by atoms with van der Waals surface area (Å²) < 4.78 is 0. The van der Waals surface area contributed by atoms with Gasteiger partial charge in [0.1, 0.15) is 0 Å². The molecule has 4 nitrogen and oxygen atoms in total. The SMILES string of the molecule is CNC(C)(CC(C)N(CCC(C)C)CCC(C)C)C(N)=O. The number of carbonyl (C=O) groups excluding carboxylic acids is 1. The maximum atomic E-state index is 11.7. The lowest BCUT2D eigenvalue weighted by Gasteiger charge is -2.36. The van der Waals surface area contributed by atoms with Gasteiger partial charge in [0.05, 0.1) is 5.54 Å². The molecule has 4 heteroatoms. The molecular weight excluding hydrogens is 262 g/mol. The van der Waals surface area contributed by atoms with Crippen molar-refractivity contribution in [2.75, 3.05) is 20.1 Å². The van der Waals surface area contributed by atoms with Crippen molar-refractivity contribution in [1.82, 2.24) is 10.2 Å². The fourth-order valence-electron chi connectivity index (χ4n) is 2.45. The first-order valence-corrected chi connectivity index (χ1v) is 8.35. The van der Waals surface area contributed by atoms with Crippen LogP contribution in [0.4, 0.5) is 0 Å². The number of nitrogens with zero attached hydrogens (tertiary/aromatic N) is 1. The van der Waals surface area contributed by atoms with Crippen LogP contribution in [0.25, 0.3) is 0 Å². The maximum Gasteiger partial charge on any atom is 0.237 e. The molecule has 1 amide bonds. The Kier molecular flexibility index (Phi) is 9.14. The molecule has 21 heavy (non-hydrogen) atoms. The van der Waals surface area contributed by atoms with Crippen LogP contribution in [0, 0.1) is 11.8 Å². The predicted molar refractivity (Wildman–Crippen MR) is 91.2 cm³/mol. The normalized spacial score (nSPS) is 16.5. The van der Waals surface area contributed by atoms with Crippen LogP contribution in [-0.4, -0.2) is 42.5 Å². The molecule has 0 heterocycles. The number of amides is 1. The molecule has 0 aromatic heterocycles. The van der Waals surface area contributed by atoms with E-state index in [0.717, 1.165) is 19.5 Å². The molecule has 0 rings (SSSR count). The summed E-state index contributed by atoms with van der Waals surface area (Å²) >= 11 is 0. The number of carbonyl (C=O) groups is 1. The first-order chi connectivity index (χ1) is 9.62. The van der Waals surface area contributed by atoms with Gasteiger partial charge in [-0.15, -0.1) is 0 Å². The molecule has 0 aliphatic rings. The Balaban J connectivity index is 4.74. The Morgan fingerprint density at radius 2 is 1.52 bits per heavy atom. The van der Waals surface area contributed by atoms with Gasteiger partial charge in [-0.3, -0.25) is 4.79 Å². The molecule has 0 aromatic rings. The number of primary amides is 1. The smallest absolute Gasteiger partial charge is 0.237 e. The summed E-state index contributed by atoms with van der Waals surface area (Å²) in [5, 5.41) is 3.09. The molecule has 0 spiro atoms. The van der Waals surface area contributed by atoms with E-state index in [1.54, 1.807) is 0 Å². The fraction of sp³-hybridized carbons (Fsp3) is 0.941. The largest absolute Gasteiger partial charge is 0.368 e. The van der Waals surface area contributed by atoms with E-state index in [1.165, 1.54) is 12.8 Å². The van der Waals surface area contributed by atoms with Crippen molar-refractivity contribution >= 4 is 5.91 Å². The van der Waals surface area contributed by atoms with Gasteiger partial charge in [0, 0.05) is 6.04 Å². The van der Waals surface area contributed by atoms with E-state index in [2.05, 4.69) is 44.8 Å². The summed E-state index contributed by atoms with van der Waals surface area (Å²) in [4.78, 5) is 14.2. The number of nitrogens with one attached hydrogen (secondary N) is 1. The standard InChI is InChI=1S/C17H37N3O/c1-13(2)8-10-20(11-9-14(3)4)15(5)12-17(6,19-7)16(18)21/h13-15,19H,8-12H2,1-7H3,(H2,18,21). The van der Waals surface area contributed by atoms with Crippen molar-refractivity contribution in [1.29, 1.82) is 0 Å². The lowest BCUT2D eigenvalue weighted by Crippen LogP contribution is -2.55. The molecule has 0 fully saturated rings. The van der Waals surface area contributed by atoms with E-state index in [9.17, 15) is 4.79 Å². The van der Waals surface area contributed by atoms with Crippen LogP contribution in [0.3, 0.4) is 0 Å². The van der Waals surface area contributed by atoms with Gasteiger partial charge in [0.2, 0.25) is 5.91 Å². The number of likely N-dealkylation sites (N-methyl/N-ethyl adjacent to an activating group) is 1. The quantitative estimate of drug-likeness (QED) is 0.616. The van der Waals surface area contributed by atoms with Crippen molar-refractivity contribution in [2.24, 2.45) is 17.6 Å². The number of rotatable bonds is 11. The van der Waals surface area contributed by atoms with Gasteiger partial charge in [0.25, 0.3) is 0 Å². The minimum Gasteiger partial charge on any atom is -0.368 e. The Labute approximate surface area is 131 Å². The molecule has 0 saturated carbocycles. The molecule has 0 bridgehead atoms. The first kappa shape index (κ1) is 20.4. The lowest BCUT2D eigenvalue weighted by atomic mass is 9.91.